The number of benzene rings is 1. The van der Waals surface area contributed by atoms with E-state index in [0.29, 0.717) is 6.04 Å². The molecule has 1 N–H and O–H groups in total. The molecule has 1 aromatic carbocycles. The van der Waals surface area contributed by atoms with Gasteiger partial charge in [-0.25, -0.2) is 0 Å². The van der Waals surface area contributed by atoms with Crippen LogP contribution in [0.2, 0.25) is 0 Å². The van der Waals surface area contributed by atoms with E-state index in [4.69, 9.17) is 9.47 Å². The van der Waals surface area contributed by atoms with Crippen molar-refractivity contribution >= 4 is 0 Å². The third kappa shape index (κ3) is 3.66. The van der Waals surface area contributed by atoms with Crippen LogP contribution in [0.4, 0.5) is 0 Å². The lowest BCUT2D eigenvalue weighted by molar-refractivity contribution is 0.0887. The number of nitrogens with one attached hydrogen (secondary N) is 1. The van der Waals surface area contributed by atoms with Crippen molar-refractivity contribution in [2.75, 3.05) is 13.7 Å². The van der Waals surface area contributed by atoms with Gasteiger partial charge < -0.3 is 14.8 Å². The number of rotatable bonds is 5. The molecule has 0 spiro atoms. The second-order valence-electron chi connectivity index (χ2n) is 5.89. The van der Waals surface area contributed by atoms with E-state index in [-0.39, 0.29) is 6.10 Å². The van der Waals surface area contributed by atoms with Gasteiger partial charge in [0.05, 0.1) is 7.11 Å². The minimum atomic E-state index is 0.232. The first-order valence-electron chi connectivity index (χ1n) is 7.68. The number of hydrogen-bond acceptors (Lipinski definition) is 3. The zero-order valence-corrected chi connectivity index (χ0v) is 13.1. The molecule has 1 aromatic rings. The van der Waals surface area contributed by atoms with Gasteiger partial charge in [-0.2, -0.15) is 0 Å². The molecule has 0 saturated heterocycles. The van der Waals surface area contributed by atoms with Crippen LogP contribution in [-0.2, 0) is 0 Å². The first-order chi connectivity index (χ1) is 9.63. The Bertz CT molecular complexity index is 433. The van der Waals surface area contributed by atoms with Gasteiger partial charge in [-0.3, -0.25) is 0 Å². The van der Waals surface area contributed by atoms with E-state index in [1.54, 1.807) is 7.11 Å². The average Bonchev–Trinajstić information content (AvgIpc) is 2.44. The third-order valence-electron chi connectivity index (χ3n) is 4.12. The van der Waals surface area contributed by atoms with Crippen LogP contribution in [0.25, 0.3) is 0 Å². The zero-order chi connectivity index (χ0) is 14.5. The summed E-state index contributed by atoms with van der Waals surface area (Å²) in [4.78, 5) is 0. The van der Waals surface area contributed by atoms with E-state index < -0.39 is 0 Å². The van der Waals surface area contributed by atoms with Gasteiger partial charge >= 0.3 is 0 Å². The second kappa shape index (κ2) is 6.98. The van der Waals surface area contributed by atoms with Crippen molar-refractivity contribution in [2.24, 2.45) is 5.92 Å². The molecule has 1 fully saturated rings. The molecule has 1 aliphatic rings. The van der Waals surface area contributed by atoms with Crippen molar-refractivity contribution in [3.8, 4) is 11.5 Å². The summed E-state index contributed by atoms with van der Waals surface area (Å²) < 4.78 is 11.7. The number of aryl methyl sites for hydroxylation is 1. The van der Waals surface area contributed by atoms with Gasteiger partial charge in [0, 0.05) is 6.04 Å². The van der Waals surface area contributed by atoms with Gasteiger partial charge in [0.15, 0.2) is 11.5 Å². The van der Waals surface area contributed by atoms with Crippen molar-refractivity contribution in [3.63, 3.8) is 0 Å². The van der Waals surface area contributed by atoms with Gasteiger partial charge in [0.2, 0.25) is 0 Å². The average molecular weight is 277 g/mol. The van der Waals surface area contributed by atoms with E-state index >= 15 is 0 Å². The summed E-state index contributed by atoms with van der Waals surface area (Å²) in [5.41, 5.74) is 1.19. The standard InChI is InChI=1S/C17H27NO2/c1-5-18-14-8-6-12(2)10-16(14)20-15-9-7-13(3)11-17(15)19-4/h7,9,11-12,14,16,18H,5-6,8,10H2,1-4H3. The predicted octanol–water partition coefficient (Wildman–Crippen LogP) is 3.55. The Labute approximate surface area is 122 Å². The highest BCUT2D eigenvalue weighted by Gasteiger charge is 2.30. The lowest BCUT2D eigenvalue weighted by atomic mass is 9.85. The SMILES string of the molecule is CCNC1CCC(C)CC1Oc1ccc(C)cc1OC. The van der Waals surface area contributed by atoms with Crippen LogP contribution in [0.15, 0.2) is 18.2 Å². The second-order valence-corrected chi connectivity index (χ2v) is 5.89. The van der Waals surface area contributed by atoms with E-state index in [9.17, 15) is 0 Å². The molecule has 112 valence electrons. The molecule has 0 aromatic heterocycles. The van der Waals surface area contributed by atoms with Crippen LogP contribution in [0.1, 0.15) is 38.7 Å². The Balaban J connectivity index is 2.13. The van der Waals surface area contributed by atoms with Crippen molar-refractivity contribution in [2.45, 2.75) is 52.2 Å². The molecule has 0 aliphatic heterocycles. The maximum Gasteiger partial charge on any atom is 0.161 e. The third-order valence-corrected chi connectivity index (χ3v) is 4.12. The topological polar surface area (TPSA) is 30.5 Å². The fraction of sp³-hybridized carbons (Fsp3) is 0.647. The lowest BCUT2D eigenvalue weighted by Gasteiger charge is -2.35. The first-order valence-corrected chi connectivity index (χ1v) is 7.68. The Morgan fingerprint density at radius 1 is 1.25 bits per heavy atom. The zero-order valence-electron chi connectivity index (χ0n) is 13.1. The van der Waals surface area contributed by atoms with Crippen molar-refractivity contribution in [1.29, 1.82) is 0 Å². The molecule has 0 radical (unpaired) electrons. The normalized spacial score (nSPS) is 26.3. The van der Waals surface area contributed by atoms with Gasteiger partial charge in [-0.15, -0.1) is 0 Å². The van der Waals surface area contributed by atoms with Gasteiger partial charge in [-0.1, -0.05) is 19.9 Å². The summed E-state index contributed by atoms with van der Waals surface area (Å²) >= 11 is 0. The van der Waals surface area contributed by atoms with E-state index in [1.165, 1.54) is 18.4 Å². The van der Waals surface area contributed by atoms with Crippen molar-refractivity contribution in [1.82, 2.24) is 5.32 Å². The minimum Gasteiger partial charge on any atom is -0.493 e. The van der Waals surface area contributed by atoms with Crippen LogP contribution in [0, 0.1) is 12.8 Å². The quantitative estimate of drug-likeness (QED) is 0.893. The maximum atomic E-state index is 6.28. The summed E-state index contributed by atoms with van der Waals surface area (Å²) in [5.74, 6) is 2.42. The van der Waals surface area contributed by atoms with Crippen LogP contribution in [-0.4, -0.2) is 25.8 Å². The summed E-state index contributed by atoms with van der Waals surface area (Å²) in [5, 5.41) is 3.56. The van der Waals surface area contributed by atoms with Gasteiger partial charge in [0.25, 0.3) is 0 Å². The molecular weight excluding hydrogens is 250 g/mol. The Morgan fingerprint density at radius 3 is 2.75 bits per heavy atom. The molecule has 3 unspecified atom stereocenters. The Hall–Kier alpha value is -1.22. The molecule has 0 heterocycles. The minimum absolute atomic E-state index is 0.232. The Kier molecular flexibility index (Phi) is 5.30. The monoisotopic (exact) mass is 277 g/mol. The van der Waals surface area contributed by atoms with Crippen LogP contribution < -0.4 is 14.8 Å². The molecule has 3 heteroatoms. The van der Waals surface area contributed by atoms with Gasteiger partial charge in [-0.05, 0) is 56.3 Å². The molecule has 0 amide bonds. The predicted molar refractivity (Wildman–Crippen MR) is 82.6 cm³/mol. The molecule has 3 nitrogen and oxygen atoms in total. The summed E-state index contributed by atoms with van der Waals surface area (Å²) in [6.07, 6.45) is 3.81. The molecule has 20 heavy (non-hydrogen) atoms. The highest BCUT2D eigenvalue weighted by molar-refractivity contribution is 5.42. The highest BCUT2D eigenvalue weighted by atomic mass is 16.5. The molecule has 1 aliphatic carbocycles. The molecule has 2 rings (SSSR count). The van der Waals surface area contributed by atoms with Crippen molar-refractivity contribution in [3.05, 3.63) is 23.8 Å². The summed E-state index contributed by atoms with van der Waals surface area (Å²) in [6, 6.07) is 6.58. The summed E-state index contributed by atoms with van der Waals surface area (Å²) in [7, 11) is 1.70. The molecule has 3 atom stereocenters. The van der Waals surface area contributed by atoms with Crippen LogP contribution >= 0.6 is 0 Å². The highest BCUT2D eigenvalue weighted by Crippen LogP contribution is 2.33. The number of methoxy groups -OCH3 is 1. The van der Waals surface area contributed by atoms with Crippen LogP contribution in [0.3, 0.4) is 0 Å². The van der Waals surface area contributed by atoms with E-state index in [1.807, 2.05) is 12.1 Å². The smallest absolute Gasteiger partial charge is 0.161 e. The van der Waals surface area contributed by atoms with Crippen LogP contribution in [0.5, 0.6) is 11.5 Å². The largest absolute Gasteiger partial charge is 0.493 e. The maximum absolute atomic E-state index is 6.28. The fourth-order valence-corrected chi connectivity index (χ4v) is 2.99. The van der Waals surface area contributed by atoms with Crippen molar-refractivity contribution < 1.29 is 9.47 Å². The number of ether oxygens (including phenoxy) is 2. The van der Waals surface area contributed by atoms with E-state index in [0.717, 1.165) is 30.4 Å². The van der Waals surface area contributed by atoms with Gasteiger partial charge in [0.1, 0.15) is 6.10 Å². The first kappa shape index (κ1) is 15.2. The molecular formula is C17H27NO2. The number of hydrogen-bond donors (Lipinski definition) is 1. The Morgan fingerprint density at radius 2 is 2.05 bits per heavy atom. The molecule has 1 saturated carbocycles. The number of likely N-dealkylation sites (N-methyl/N-ethyl adjacent to an activating group) is 1. The van der Waals surface area contributed by atoms with E-state index in [2.05, 4.69) is 32.2 Å². The molecule has 0 bridgehead atoms. The lowest BCUT2D eigenvalue weighted by Crippen LogP contribution is -2.46. The summed E-state index contributed by atoms with van der Waals surface area (Å²) in [6.45, 7) is 7.52. The fourth-order valence-electron chi connectivity index (χ4n) is 2.99.